The second-order valence-corrected chi connectivity index (χ2v) is 7.85. The summed E-state index contributed by atoms with van der Waals surface area (Å²) < 4.78 is 19.1. The molecular formula is C23H24FN3O6. The molecule has 2 aromatic carbocycles. The van der Waals surface area contributed by atoms with Crippen molar-refractivity contribution < 1.29 is 28.7 Å². The van der Waals surface area contributed by atoms with Crippen LogP contribution in [0.2, 0.25) is 0 Å². The lowest BCUT2D eigenvalue weighted by molar-refractivity contribution is -0.384. The number of rotatable bonds is 8. The zero-order valence-electron chi connectivity index (χ0n) is 18.4. The maximum absolute atomic E-state index is 14.3. The van der Waals surface area contributed by atoms with Crippen molar-refractivity contribution in [3.8, 4) is 5.75 Å². The summed E-state index contributed by atoms with van der Waals surface area (Å²) in [5, 5.41) is 22.3. The number of aliphatic hydroxyl groups is 1. The van der Waals surface area contributed by atoms with Gasteiger partial charge < -0.3 is 19.6 Å². The van der Waals surface area contributed by atoms with E-state index in [1.807, 2.05) is 19.0 Å². The summed E-state index contributed by atoms with van der Waals surface area (Å²) in [7, 11) is 5.02. The molecule has 0 bridgehead atoms. The molecule has 1 amide bonds. The second-order valence-electron chi connectivity index (χ2n) is 7.85. The second kappa shape index (κ2) is 9.78. The molecule has 3 rings (SSSR count). The molecule has 0 aromatic heterocycles. The summed E-state index contributed by atoms with van der Waals surface area (Å²) in [6.07, 6.45) is 0.530. The molecule has 0 radical (unpaired) electrons. The summed E-state index contributed by atoms with van der Waals surface area (Å²) in [6, 6.07) is 8.14. The number of amides is 1. The van der Waals surface area contributed by atoms with Crippen LogP contribution in [0.5, 0.6) is 5.75 Å². The Bertz CT molecular complexity index is 1130. The van der Waals surface area contributed by atoms with Gasteiger partial charge in [0.05, 0.1) is 23.6 Å². The lowest BCUT2D eigenvalue weighted by Gasteiger charge is -2.25. The number of aliphatic hydroxyl groups excluding tert-OH is 1. The average molecular weight is 457 g/mol. The number of benzene rings is 2. The Labute approximate surface area is 189 Å². The van der Waals surface area contributed by atoms with Gasteiger partial charge in [0.25, 0.3) is 17.4 Å². The topological polar surface area (TPSA) is 113 Å². The fourth-order valence-corrected chi connectivity index (χ4v) is 3.79. The molecule has 33 heavy (non-hydrogen) atoms. The number of ether oxygens (including phenoxy) is 1. The maximum atomic E-state index is 14.3. The Balaban J connectivity index is 2.15. The fourth-order valence-electron chi connectivity index (χ4n) is 3.79. The van der Waals surface area contributed by atoms with Crippen molar-refractivity contribution in [2.45, 2.75) is 12.5 Å². The first kappa shape index (κ1) is 23.9. The van der Waals surface area contributed by atoms with E-state index in [0.29, 0.717) is 18.5 Å². The Morgan fingerprint density at radius 1 is 1.24 bits per heavy atom. The number of ketones is 1. The Morgan fingerprint density at radius 3 is 2.58 bits per heavy atom. The molecule has 0 unspecified atom stereocenters. The van der Waals surface area contributed by atoms with Crippen LogP contribution in [0, 0.1) is 15.9 Å². The zero-order chi connectivity index (χ0) is 24.3. The van der Waals surface area contributed by atoms with Crippen LogP contribution < -0.4 is 4.74 Å². The highest BCUT2D eigenvalue weighted by Gasteiger charge is 2.46. The van der Waals surface area contributed by atoms with Crippen molar-refractivity contribution in [2.75, 3.05) is 34.3 Å². The van der Waals surface area contributed by atoms with E-state index in [9.17, 15) is 29.2 Å². The lowest BCUT2D eigenvalue weighted by atomic mass is 9.95. The van der Waals surface area contributed by atoms with Gasteiger partial charge in [-0.2, -0.15) is 0 Å². The number of hydrogen-bond donors (Lipinski definition) is 1. The molecule has 1 aliphatic rings. The number of methoxy groups -OCH3 is 1. The minimum atomic E-state index is -1.06. The molecule has 10 heteroatoms. The van der Waals surface area contributed by atoms with E-state index in [4.69, 9.17) is 4.74 Å². The molecule has 1 saturated heterocycles. The van der Waals surface area contributed by atoms with Crippen LogP contribution >= 0.6 is 0 Å². The number of nitro benzene ring substituents is 1. The number of hydrogen-bond acceptors (Lipinski definition) is 7. The number of Topliss-reactive ketones (excluding diaryl/α,β-unsaturated/α-hetero) is 1. The van der Waals surface area contributed by atoms with Gasteiger partial charge in [0.15, 0.2) is 11.6 Å². The normalized spacial score (nSPS) is 17.6. The molecular weight excluding hydrogens is 433 g/mol. The maximum Gasteiger partial charge on any atom is 0.295 e. The van der Waals surface area contributed by atoms with Gasteiger partial charge in [0, 0.05) is 24.2 Å². The summed E-state index contributed by atoms with van der Waals surface area (Å²) in [6.45, 7) is 0.818. The van der Waals surface area contributed by atoms with Crippen molar-refractivity contribution in [2.24, 2.45) is 0 Å². The van der Waals surface area contributed by atoms with Crippen LogP contribution in [0.3, 0.4) is 0 Å². The smallest absolute Gasteiger partial charge is 0.295 e. The van der Waals surface area contributed by atoms with Gasteiger partial charge in [-0.3, -0.25) is 19.7 Å². The van der Waals surface area contributed by atoms with Gasteiger partial charge in [0.1, 0.15) is 5.76 Å². The molecule has 2 aromatic rings. The SMILES string of the molecule is COc1ccc(C(O)=C2C(=O)C(=O)N(CCCN(C)C)[C@@H]2c2cccc([N+](=O)[O-])c2)cc1F. The molecule has 1 heterocycles. The van der Waals surface area contributed by atoms with Crippen molar-refractivity contribution in [3.63, 3.8) is 0 Å². The largest absolute Gasteiger partial charge is 0.507 e. The zero-order valence-corrected chi connectivity index (χ0v) is 18.4. The van der Waals surface area contributed by atoms with Crippen LogP contribution in [-0.2, 0) is 9.59 Å². The van der Waals surface area contributed by atoms with Crippen molar-refractivity contribution in [3.05, 3.63) is 75.1 Å². The van der Waals surface area contributed by atoms with E-state index in [1.54, 1.807) is 6.07 Å². The van der Waals surface area contributed by atoms with Crippen molar-refractivity contribution >= 4 is 23.1 Å². The van der Waals surface area contributed by atoms with E-state index in [2.05, 4.69) is 0 Å². The summed E-state index contributed by atoms with van der Waals surface area (Å²) in [4.78, 5) is 39.8. The van der Waals surface area contributed by atoms with E-state index < -0.39 is 34.2 Å². The Kier molecular flexibility index (Phi) is 7.07. The number of halogens is 1. The first-order valence-electron chi connectivity index (χ1n) is 10.2. The number of carbonyl (C=O) groups excluding carboxylic acids is 2. The highest BCUT2D eigenvalue weighted by Crippen LogP contribution is 2.40. The summed E-state index contributed by atoms with van der Waals surface area (Å²) in [5.74, 6) is -3.15. The molecule has 0 aliphatic carbocycles. The van der Waals surface area contributed by atoms with Crippen LogP contribution in [0.4, 0.5) is 10.1 Å². The summed E-state index contributed by atoms with van der Waals surface area (Å²) in [5.41, 5.74) is -0.199. The quantitative estimate of drug-likeness (QED) is 0.213. The predicted molar refractivity (Wildman–Crippen MR) is 118 cm³/mol. The minimum Gasteiger partial charge on any atom is -0.507 e. The average Bonchev–Trinajstić information content (AvgIpc) is 3.03. The number of non-ortho nitro benzene ring substituents is 1. The molecule has 1 fully saturated rings. The lowest BCUT2D eigenvalue weighted by Crippen LogP contribution is -2.32. The number of carbonyl (C=O) groups is 2. The van der Waals surface area contributed by atoms with Gasteiger partial charge in [-0.25, -0.2) is 4.39 Å². The third-order valence-corrected chi connectivity index (χ3v) is 5.37. The monoisotopic (exact) mass is 457 g/mol. The molecule has 0 saturated carbocycles. The predicted octanol–water partition coefficient (Wildman–Crippen LogP) is 3.12. The van der Waals surface area contributed by atoms with E-state index >= 15 is 0 Å². The third-order valence-electron chi connectivity index (χ3n) is 5.37. The van der Waals surface area contributed by atoms with Crippen LogP contribution in [0.15, 0.2) is 48.0 Å². The van der Waals surface area contributed by atoms with Gasteiger partial charge >= 0.3 is 0 Å². The molecule has 1 atom stereocenters. The standard InChI is InChI=1S/C23H24FN3O6/c1-25(2)10-5-11-26-20(14-6-4-7-16(12-14)27(31)32)19(22(29)23(26)30)21(28)15-8-9-18(33-3)17(24)13-15/h4,6-9,12-13,20,28H,5,10-11H2,1-3H3/t20-/m1/s1. The fraction of sp³-hybridized carbons (Fsp3) is 0.304. The Hall–Kier alpha value is -3.79. The molecule has 1 aliphatic heterocycles. The van der Waals surface area contributed by atoms with E-state index in [-0.39, 0.29) is 29.1 Å². The van der Waals surface area contributed by atoms with Crippen molar-refractivity contribution in [1.82, 2.24) is 9.80 Å². The van der Waals surface area contributed by atoms with Gasteiger partial charge in [0.2, 0.25) is 0 Å². The first-order chi connectivity index (χ1) is 15.6. The molecule has 0 spiro atoms. The van der Waals surface area contributed by atoms with E-state index in [0.717, 1.165) is 6.07 Å². The minimum absolute atomic E-state index is 0.0185. The number of nitrogens with zero attached hydrogens (tertiary/aromatic N) is 3. The van der Waals surface area contributed by atoms with Gasteiger partial charge in [-0.05, 0) is 50.8 Å². The highest BCUT2D eigenvalue weighted by atomic mass is 19.1. The number of likely N-dealkylation sites (tertiary alicyclic amines) is 1. The van der Waals surface area contributed by atoms with Crippen molar-refractivity contribution in [1.29, 1.82) is 0 Å². The van der Waals surface area contributed by atoms with Crippen LogP contribution in [0.25, 0.3) is 5.76 Å². The van der Waals surface area contributed by atoms with Crippen LogP contribution in [0.1, 0.15) is 23.6 Å². The molecule has 9 nitrogen and oxygen atoms in total. The Morgan fingerprint density at radius 2 is 1.97 bits per heavy atom. The third kappa shape index (κ3) is 4.85. The van der Waals surface area contributed by atoms with Crippen LogP contribution in [-0.4, -0.2) is 65.8 Å². The number of nitro groups is 1. The van der Waals surface area contributed by atoms with E-state index in [1.165, 1.54) is 42.3 Å². The first-order valence-corrected chi connectivity index (χ1v) is 10.2. The molecule has 174 valence electrons. The molecule has 1 N–H and O–H groups in total. The van der Waals surface area contributed by atoms with Gasteiger partial charge in [-0.1, -0.05) is 12.1 Å². The summed E-state index contributed by atoms with van der Waals surface area (Å²) >= 11 is 0. The highest BCUT2D eigenvalue weighted by molar-refractivity contribution is 6.46. The van der Waals surface area contributed by atoms with Gasteiger partial charge in [-0.15, -0.1) is 0 Å².